The number of hydrogen-bond acceptors (Lipinski definition) is 1. The molecule has 1 N–H and O–H groups in total. The van der Waals surface area contributed by atoms with Crippen molar-refractivity contribution in [2.75, 3.05) is 6.54 Å². The van der Waals surface area contributed by atoms with E-state index in [-0.39, 0.29) is 0 Å². The van der Waals surface area contributed by atoms with Gasteiger partial charge in [0.1, 0.15) is 0 Å². The molecule has 0 radical (unpaired) electrons. The van der Waals surface area contributed by atoms with Crippen molar-refractivity contribution in [3.05, 3.63) is 0 Å². The molecule has 1 atom stereocenters. The largest absolute Gasteiger partial charge is 0.314 e. The summed E-state index contributed by atoms with van der Waals surface area (Å²) in [5.74, 6) is 2.84. The molecule has 0 aromatic rings. The first-order chi connectivity index (χ1) is 8.11. The highest BCUT2D eigenvalue weighted by atomic mass is 14.9. The van der Waals surface area contributed by atoms with Gasteiger partial charge in [-0.2, -0.15) is 0 Å². The van der Waals surface area contributed by atoms with Gasteiger partial charge in [0, 0.05) is 6.04 Å². The molecule has 102 valence electrons. The molecule has 1 unspecified atom stereocenters. The number of hydrogen-bond donors (Lipinski definition) is 1. The third kappa shape index (κ3) is 6.45. The SMILES string of the molecule is CCC1CCC(CNC(C)CCC(C)C)CC1. The normalized spacial score (nSPS) is 27.4. The molecule has 0 aliphatic heterocycles. The van der Waals surface area contributed by atoms with Crippen molar-refractivity contribution in [2.45, 2.75) is 78.7 Å². The monoisotopic (exact) mass is 239 g/mol. The first kappa shape index (κ1) is 15.0. The molecule has 1 rings (SSSR count). The Bertz CT molecular complexity index is 180. The fraction of sp³-hybridized carbons (Fsp3) is 1.00. The highest BCUT2D eigenvalue weighted by molar-refractivity contribution is 4.74. The van der Waals surface area contributed by atoms with E-state index in [9.17, 15) is 0 Å². The maximum atomic E-state index is 3.74. The number of rotatable bonds is 7. The van der Waals surface area contributed by atoms with Crippen LogP contribution in [0, 0.1) is 17.8 Å². The molecule has 0 spiro atoms. The zero-order valence-corrected chi connectivity index (χ0v) is 12.5. The molecule has 1 saturated carbocycles. The maximum absolute atomic E-state index is 3.74. The fourth-order valence-corrected chi connectivity index (χ4v) is 2.90. The van der Waals surface area contributed by atoms with Crippen LogP contribution in [-0.4, -0.2) is 12.6 Å². The first-order valence-corrected chi connectivity index (χ1v) is 7.85. The van der Waals surface area contributed by atoms with Gasteiger partial charge in [-0.25, -0.2) is 0 Å². The van der Waals surface area contributed by atoms with E-state index in [2.05, 4.69) is 33.0 Å². The van der Waals surface area contributed by atoms with E-state index < -0.39 is 0 Å². The summed E-state index contributed by atoms with van der Waals surface area (Å²) in [4.78, 5) is 0. The van der Waals surface area contributed by atoms with Crippen molar-refractivity contribution in [1.82, 2.24) is 5.32 Å². The fourth-order valence-electron chi connectivity index (χ4n) is 2.90. The van der Waals surface area contributed by atoms with Crippen molar-refractivity contribution < 1.29 is 0 Å². The Morgan fingerprint density at radius 3 is 2.06 bits per heavy atom. The molecule has 1 fully saturated rings. The van der Waals surface area contributed by atoms with Crippen LogP contribution in [-0.2, 0) is 0 Å². The van der Waals surface area contributed by atoms with E-state index in [0.29, 0.717) is 6.04 Å². The van der Waals surface area contributed by atoms with Crippen molar-refractivity contribution in [2.24, 2.45) is 17.8 Å². The molecular formula is C16H33N. The molecule has 17 heavy (non-hydrogen) atoms. The topological polar surface area (TPSA) is 12.0 Å². The molecule has 0 aromatic heterocycles. The molecule has 1 aliphatic carbocycles. The molecule has 0 bridgehead atoms. The smallest absolute Gasteiger partial charge is 0.00389 e. The second kappa shape index (κ2) is 8.13. The van der Waals surface area contributed by atoms with Crippen molar-refractivity contribution >= 4 is 0 Å². The zero-order chi connectivity index (χ0) is 12.7. The van der Waals surface area contributed by atoms with Gasteiger partial charge in [-0.3, -0.25) is 0 Å². The van der Waals surface area contributed by atoms with E-state index in [0.717, 1.165) is 17.8 Å². The van der Waals surface area contributed by atoms with E-state index in [1.165, 1.54) is 51.5 Å². The van der Waals surface area contributed by atoms with E-state index >= 15 is 0 Å². The van der Waals surface area contributed by atoms with Gasteiger partial charge in [-0.05, 0) is 56.9 Å². The van der Waals surface area contributed by atoms with Crippen LogP contribution in [0.2, 0.25) is 0 Å². The lowest BCUT2D eigenvalue weighted by Crippen LogP contribution is -2.33. The summed E-state index contributed by atoms with van der Waals surface area (Å²) in [5, 5.41) is 3.74. The molecule has 0 aromatic carbocycles. The summed E-state index contributed by atoms with van der Waals surface area (Å²) in [6.45, 7) is 10.6. The van der Waals surface area contributed by atoms with Crippen LogP contribution < -0.4 is 5.32 Å². The van der Waals surface area contributed by atoms with Crippen molar-refractivity contribution in [3.8, 4) is 0 Å². The van der Waals surface area contributed by atoms with Crippen LogP contribution in [0.5, 0.6) is 0 Å². The summed E-state index contributed by atoms with van der Waals surface area (Å²) < 4.78 is 0. The highest BCUT2D eigenvalue weighted by Crippen LogP contribution is 2.30. The number of nitrogens with one attached hydrogen (secondary N) is 1. The zero-order valence-electron chi connectivity index (χ0n) is 12.5. The van der Waals surface area contributed by atoms with Gasteiger partial charge in [0.05, 0.1) is 0 Å². The van der Waals surface area contributed by atoms with Gasteiger partial charge in [0.2, 0.25) is 0 Å². The second-order valence-electron chi connectivity index (χ2n) is 6.58. The first-order valence-electron chi connectivity index (χ1n) is 7.85. The minimum Gasteiger partial charge on any atom is -0.314 e. The Labute approximate surface area is 109 Å². The lowest BCUT2D eigenvalue weighted by molar-refractivity contribution is 0.255. The third-order valence-electron chi connectivity index (χ3n) is 4.48. The summed E-state index contributed by atoms with van der Waals surface area (Å²) in [7, 11) is 0. The Kier molecular flexibility index (Phi) is 7.18. The van der Waals surface area contributed by atoms with Crippen molar-refractivity contribution in [1.29, 1.82) is 0 Å². The Balaban J connectivity index is 2.06. The predicted octanol–water partition coefficient (Wildman–Crippen LogP) is 4.62. The lowest BCUT2D eigenvalue weighted by Gasteiger charge is -2.29. The van der Waals surface area contributed by atoms with Crippen molar-refractivity contribution in [3.63, 3.8) is 0 Å². The average molecular weight is 239 g/mol. The quantitative estimate of drug-likeness (QED) is 0.683. The minimum absolute atomic E-state index is 0.710. The van der Waals surface area contributed by atoms with Crippen LogP contribution in [0.1, 0.15) is 72.6 Å². The van der Waals surface area contributed by atoms with Crippen LogP contribution in [0.3, 0.4) is 0 Å². The predicted molar refractivity (Wildman–Crippen MR) is 77.3 cm³/mol. The molecule has 1 aliphatic rings. The summed E-state index contributed by atoms with van der Waals surface area (Å²) in [5.41, 5.74) is 0. The molecule has 0 heterocycles. The van der Waals surface area contributed by atoms with E-state index in [1.54, 1.807) is 0 Å². The van der Waals surface area contributed by atoms with Crippen LogP contribution in [0.4, 0.5) is 0 Å². The van der Waals surface area contributed by atoms with Crippen LogP contribution >= 0.6 is 0 Å². The third-order valence-corrected chi connectivity index (χ3v) is 4.48. The Hall–Kier alpha value is -0.0400. The average Bonchev–Trinajstić information content (AvgIpc) is 2.34. The Morgan fingerprint density at radius 2 is 1.53 bits per heavy atom. The Morgan fingerprint density at radius 1 is 0.941 bits per heavy atom. The second-order valence-corrected chi connectivity index (χ2v) is 6.58. The standard InChI is InChI=1S/C16H33N/c1-5-15-8-10-16(11-9-15)12-17-14(4)7-6-13(2)3/h13-17H,5-12H2,1-4H3. The van der Waals surface area contributed by atoms with Crippen LogP contribution in [0.25, 0.3) is 0 Å². The van der Waals surface area contributed by atoms with Gasteiger partial charge in [0.25, 0.3) is 0 Å². The molecular weight excluding hydrogens is 206 g/mol. The van der Waals surface area contributed by atoms with Gasteiger partial charge in [-0.1, -0.05) is 40.0 Å². The van der Waals surface area contributed by atoms with Gasteiger partial charge < -0.3 is 5.32 Å². The van der Waals surface area contributed by atoms with Crippen LogP contribution in [0.15, 0.2) is 0 Å². The summed E-state index contributed by atoms with van der Waals surface area (Å²) >= 11 is 0. The molecule has 0 saturated heterocycles. The van der Waals surface area contributed by atoms with Gasteiger partial charge >= 0.3 is 0 Å². The maximum Gasteiger partial charge on any atom is 0.00389 e. The summed E-state index contributed by atoms with van der Waals surface area (Å²) in [6, 6.07) is 0.710. The molecule has 0 amide bonds. The van der Waals surface area contributed by atoms with E-state index in [1.807, 2.05) is 0 Å². The minimum atomic E-state index is 0.710. The molecule has 1 nitrogen and oxygen atoms in total. The highest BCUT2D eigenvalue weighted by Gasteiger charge is 2.19. The van der Waals surface area contributed by atoms with Gasteiger partial charge in [0.15, 0.2) is 0 Å². The molecule has 1 heteroatoms. The van der Waals surface area contributed by atoms with E-state index in [4.69, 9.17) is 0 Å². The summed E-state index contributed by atoms with van der Waals surface area (Å²) in [6.07, 6.45) is 9.96. The lowest BCUT2D eigenvalue weighted by atomic mass is 9.81. The van der Waals surface area contributed by atoms with Gasteiger partial charge in [-0.15, -0.1) is 0 Å².